The lowest BCUT2D eigenvalue weighted by molar-refractivity contribution is 0.0616. The maximum Gasteiger partial charge on any atom is 0.289 e. The van der Waals surface area contributed by atoms with Gasteiger partial charge in [-0.3, -0.25) is 9.78 Å². The van der Waals surface area contributed by atoms with Crippen molar-refractivity contribution in [3.63, 3.8) is 0 Å². The van der Waals surface area contributed by atoms with Crippen molar-refractivity contribution < 1.29 is 9.21 Å². The average Bonchev–Trinajstić information content (AvgIpc) is 3.42. The molecule has 1 aromatic carbocycles. The molecule has 1 saturated carbocycles. The predicted octanol–water partition coefficient (Wildman–Crippen LogP) is 4.27. The van der Waals surface area contributed by atoms with Gasteiger partial charge in [-0.05, 0) is 56.9 Å². The van der Waals surface area contributed by atoms with Crippen molar-refractivity contribution >= 4 is 28.0 Å². The summed E-state index contributed by atoms with van der Waals surface area (Å²) in [5.41, 5.74) is 3.42. The van der Waals surface area contributed by atoms with Crippen LogP contribution in [0.15, 0.2) is 53.1 Å². The second kappa shape index (κ2) is 8.51. The van der Waals surface area contributed by atoms with E-state index in [2.05, 4.69) is 20.3 Å². The summed E-state index contributed by atoms with van der Waals surface area (Å²) in [6.45, 7) is 3.37. The van der Waals surface area contributed by atoms with Crippen molar-refractivity contribution in [1.29, 1.82) is 0 Å². The number of amides is 1. The lowest BCUT2D eigenvalue weighted by Crippen LogP contribution is -2.47. The summed E-state index contributed by atoms with van der Waals surface area (Å²) in [5.74, 6) is 1.29. The Morgan fingerprint density at radius 3 is 2.97 bits per heavy atom. The molecule has 0 unspecified atom stereocenters. The van der Waals surface area contributed by atoms with Gasteiger partial charge < -0.3 is 19.6 Å². The van der Waals surface area contributed by atoms with Crippen LogP contribution in [0.25, 0.3) is 22.1 Å². The smallest absolute Gasteiger partial charge is 0.289 e. The fourth-order valence-electron chi connectivity index (χ4n) is 4.64. The van der Waals surface area contributed by atoms with E-state index in [0.717, 1.165) is 53.6 Å². The first-order chi connectivity index (χ1) is 15.2. The minimum Gasteiger partial charge on any atom is -0.458 e. The third-order valence-corrected chi connectivity index (χ3v) is 6.18. The van der Waals surface area contributed by atoms with Gasteiger partial charge >= 0.3 is 0 Å². The summed E-state index contributed by atoms with van der Waals surface area (Å²) in [7, 11) is 0. The van der Waals surface area contributed by atoms with Crippen molar-refractivity contribution in [2.75, 3.05) is 6.54 Å². The van der Waals surface area contributed by atoms with Crippen LogP contribution >= 0.6 is 0 Å². The Hall–Kier alpha value is -3.19. The second-order valence-electron chi connectivity index (χ2n) is 8.19. The number of aromatic amines is 1. The third kappa shape index (κ3) is 4.05. The zero-order chi connectivity index (χ0) is 21.2. The van der Waals surface area contributed by atoms with E-state index in [-0.39, 0.29) is 11.9 Å². The maximum absolute atomic E-state index is 13.2. The summed E-state index contributed by atoms with van der Waals surface area (Å²) in [6, 6.07) is 14.1. The van der Waals surface area contributed by atoms with Gasteiger partial charge in [0.15, 0.2) is 11.4 Å². The van der Waals surface area contributed by atoms with Crippen LogP contribution in [0.5, 0.6) is 0 Å². The molecule has 160 valence electrons. The average molecular weight is 418 g/mol. The zero-order valence-corrected chi connectivity index (χ0v) is 17.7. The van der Waals surface area contributed by atoms with Gasteiger partial charge in [-0.25, -0.2) is 4.98 Å². The van der Waals surface area contributed by atoms with Crippen LogP contribution in [0.2, 0.25) is 0 Å². The lowest BCUT2D eigenvalue weighted by atomic mass is 9.89. The highest BCUT2D eigenvalue weighted by Gasteiger charge is 2.30. The van der Waals surface area contributed by atoms with E-state index < -0.39 is 0 Å². The number of aromatic nitrogens is 3. The first-order valence-corrected chi connectivity index (χ1v) is 11.0. The number of rotatable bonds is 6. The van der Waals surface area contributed by atoms with E-state index in [9.17, 15) is 4.79 Å². The normalized spacial score (nSPS) is 19.1. The number of H-pyrrole nitrogens is 1. The molecule has 0 aliphatic heterocycles. The van der Waals surface area contributed by atoms with Gasteiger partial charge in [-0.1, -0.05) is 12.1 Å². The van der Waals surface area contributed by atoms with Gasteiger partial charge in [0.1, 0.15) is 11.3 Å². The molecular formula is C24H27N5O2. The van der Waals surface area contributed by atoms with E-state index in [4.69, 9.17) is 4.42 Å². The van der Waals surface area contributed by atoms with Gasteiger partial charge in [0, 0.05) is 30.9 Å². The Bertz CT molecular complexity index is 1130. The molecule has 5 rings (SSSR count). The molecule has 1 fully saturated rings. The van der Waals surface area contributed by atoms with Crippen LogP contribution in [0.4, 0.5) is 0 Å². The molecule has 3 aromatic heterocycles. The molecule has 3 heterocycles. The predicted molar refractivity (Wildman–Crippen MR) is 120 cm³/mol. The number of nitrogens with one attached hydrogen (secondary N) is 2. The Morgan fingerprint density at radius 1 is 1.23 bits per heavy atom. The Kier molecular flexibility index (Phi) is 5.42. The van der Waals surface area contributed by atoms with Crippen molar-refractivity contribution in [3.05, 3.63) is 60.2 Å². The second-order valence-corrected chi connectivity index (χ2v) is 8.19. The van der Waals surface area contributed by atoms with Crippen molar-refractivity contribution in [3.8, 4) is 0 Å². The monoisotopic (exact) mass is 417 g/mol. The summed E-state index contributed by atoms with van der Waals surface area (Å²) in [5, 5.41) is 3.63. The first-order valence-electron chi connectivity index (χ1n) is 11.0. The van der Waals surface area contributed by atoms with E-state index >= 15 is 0 Å². The molecule has 1 aliphatic carbocycles. The van der Waals surface area contributed by atoms with Crippen LogP contribution in [-0.2, 0) is 6.54 Å². The maximum atomic E-state index is 13.2. The molecule has 7 heteroatoms. The molecule has 7 nitrogen and oxygen atoms in total. The van der Waals surface area contributed by atoms with Crippen LogP contribution in [0, 0.1) is 0 Å². The van der Waals surface area contributed by atoms with Gasteiger partial charge in [-0.2, -0.15) is 0 Å². The number of hydrogen-bond donors (Lipinski definition) is 2. The van der Waals surface area contributed by atoms with Gasteiger partial charge in [0.05, 0.1) is 17.6 Å². The molecule has 1 aliphatic rings. The fourth-order valence-corrected chi connectivity index (χ4v) is 4.64. The van der Waals surface area contributed by atoms with E-state index in [1.54, 1.807) is 6.20 Å². The lowest BCUT2D eigenvalue weighted by Gasteiger charge is -2.37. The number of fused-ring (bicyclic) bond motifs is 2. The van der Waals surface area contributed by atoms with Crippen LogP contribution in [0.3, 0.4) is 0 Å². The Labute approximate surface area is 180 Å². The number of carbonyl (C=O) groups excluding carboxylic acids is 1. The number of furan rings is 1. The van der Waals surface area contributed by atoms with Crippen LogP contribution < -0.4 is 5.32 Å². The molecule has 31 heavy (non-hydrogen) atoms. The standard InChI is InChI=1S/C24H27N5O2/c1-2-29(24(30)23-27-19-9-3-4-10-20(19)28-23)17-8-5-7-16(13-17)26-15-18-14-21-22(31-18)11-6-12-25-21/h3-4,6,9-12,14,16-17,26H,2,5,7-8,13,15H2,1H3,(H,27,28)/t16-,17+/m1/s1. The SMILES string of the molecule is CCN(C(=O)c1nc2ccccc2[nH]1)[C@H]1CCC[C@@H](NCc2cc3ncccc3o2)C1. The van der Waals surface area contributed by atoms with Crippen LogP contribution in [0.1, 0.15) is 49.0 Å². The first kappa shape index (κ1) is 19.8. The largest absolute Gasteiger partial charge is 0.458 e. The van der Waals surface area contributed by atoms with E-state index in [1.807, 2.05) is 54.3 Å². The summed E-state index contributed by atoms with van der Waals surface area (Å²) in [6.07, 6.45) is 5.92. The number of para-hydroxylation sites is 2. The number of pyridine rings is 1. The third-order valence-electron chi connectivity index (χ3n) is 6.18. The number of nitrogens with zero attached hydrogens (tertiary/aromatic N) is 3. The van der Waals surface area contributed by atoms with Gasteiger partial charge in [-0.15, -0.1) is 0 Å². The van der Waals surface area contributed by atoms with Crippen molar-refractivity contribution in [2.45, 2.75) is 51.2 Å². The fraction of sp³-hybridized carbons (Fsp3) is 0.375. The number of imidazole rings is 1. The Morgan fingerprint density at radius 2 is 2.13 bits per heavy atom. The minimum atomic E-state index is -0.0206. The highest BCUT2D eigenvalue weighted by molar-refractivity contribution is 5.94. The topological polar surface area (TPSA) is 87.0 Å². The molecule has 0 radical (unpaired) electrons. The number of hydrogen-bond acceptors (Lipinski definition) is 5. The molecule has 0 saturated heterocycles. The quantitative estimate of drug-likeness (QED) is 0.489. The molecular weight excluding hydrogens is 390 g/mol. The number of carbonyl (C=O) groups is 1. The van der Waals surface area contributed by atoms with Gasteiger partial charge in [0.2, 0.25) is 0 Å². The van der Waals surface area contributed by atoms with Gasteiger partial charge in [0.25, 0.3) is 5.91 Å². The minimum absolute atomic E-state index is 0.0206. The summed E-state index contributed by atoms with van der Waals surface area (Å²) in [4.78, 5) is 27.2. The van der Waals surface area contributed by atoms with Crippen molar-refractivity contribution in [1.82, 2.24) is 25.2 Å². The highest BCUT2D eigenvalue weighted by Crippen LogP contribution is 2.25. The zero-order valence-electron chi connectivity index (χ0n) is 17.7. The van der Waals surface area contributed by atoms with Crippen molar-refractivity contribution in [2.24, 2.45) is 0 Å². The highest BCUT2D eigenvalue weighted by atomic mass is 16.3. The molecule has 1 amide bonds. The number of benzene rings is 1. The van der Waals surface area contributed by atoms with E-state index in [0.29, 0.717) is 25.0 Å². The molecule has 0 spiro atoms. The van der Waals surface area contributed by atoms with Crippen LogP contribution in [-0.4, -0.2) is 44.4 Å². The van der Waals surface area contributed by atoms with E-state index in [1.165, 1.54) is 0 Å². The molecule has 2 atom stereocenters. The molecule has 0 bridgehead atoms. The molecule has 2 N–H and O–H groups in total. The summed E-state index contributed by atoms with van der Waals surface area (Å²) < 4.78 is 5.88. The summed E-state index contributed by atoms with van der Waals surface area (Å²) >= 11 is 0. The molecule has 4 aromatic rings. The Balaban J connectivity index is 1.25.